The Balaban J connectivity index is 1.77. The van der Waals surface area contributed by atoms with Crippen molar-refractivity contribution in [2.45, 2.75) is 38.2 Å². The Morgan fingerprint density at radius 3 is 2.81 bits per heavy atom. The number of ether oxygens (including phenoxy) is 2. The summed E-state index contributed by atoms with van der Waals surface area (Å²) in [5.74, 6) is 0.335. The quantitative estimate of drug-likeness (QED) is 0.623. The number of anilines is 1. The average Bonchev–Trinajstić information content (AvgIpc) is 2.52. The Hall–Kier alpha value is -1.75. The van der Waals surface area contributed by atoms with E-state index >= 15 is 0 Å². The third-order valence-corrected chi connectivity index (χ3v) is 3.76. The van der Waals surface area contributed by atoms with Crippen LogP contribution in [0.3, 0.4) is 0 Å². The van der Waals surface area contributed by atoms with Gasteiger partial charge in [-0.25, -0.2) is 0 Å². The fourth-order valence-electron chi connectivity index (χ4n) is 2.62. The molecule has 0 atom stereocenters. The number of carbonyl (C=O) groups is 1. The van der Waals surface area contributed by atoms with Gasteiger partial charge in [-0.15, -0.1) is 0 Å². The minimum Gasteiger partial charge on any atom is -0.496 e. The highest BCUT2D eigenvalue weighted by atomic mass is 16.5. The monoisotopic (exact) mass is 292 g/mol. The zero-order valence-electron chi connectivity index (χ0n) is 12.6. The number of benzene rings is 1. The number of amides is 1. The SMILES string of the molecule is COc1ccc(N)cc1C(=O)NCCOC1CCCCC1. The molecule has 3 N–H and O–H groups in total. The Morgan fingerprint density at radius 1 is 1.33 bits per heavy atom. The molecule has 2 rings (SSSR count). The molecule has 116 valence electrons. The lowest BCUT2D eigenvalue weighted by molar-refractivity contribution is 0.0299. The van der Waals surface area contributed by atoms with E-state index in [4.69, 9.17) is 15.2 Å². The van der Waals surface area contributed by atoms with Gasteiger partial charge >= 0.3 is 0 Å². The van der Waals surface area contributed by atoms with Gasteiger partial charge in [0.1, 0.15) is 5.75 Å². The van der Waals surface area contributed by atoms with E-state index in [2.05, 4.69) is 5.32 Å². The zero-order valence-corrected chi connectivity index (χ0v) is 12.6. The number of rotatable bonds is 6. The molecule has 0 heterocycles. The lowest BCUT2D eigenvalue weighted by Crippen LogP contribution is -2.29. The summed E-state index contributed by atoms with van der Waals surface area (Å²) >= 11 is 0. The van der Waals surface area contributed by atoms with Crippen LogP contribution in [-0.2, 0) is 4.74 Å². The second-order valence-electron chi connectivity index (χ2n) is 5.35. The van der Waals surface area contributed by atoms with Crippen LogP contribution in [0.25, 0.3) is 0 Å². The first kappa shape index (κ1) is 15.6. The van der Waals surface area contributed by atoms with E-state index in [1.165, 1.54) is 26.4 Å². The van der Waals surface area contributed by atoms with Gasteiger partial charge in [-0.05, 0) is 31.0 Å². The summed E-state index contributed by atoms with van der Waals surface area (Å²) in [6, 6.07) is 5.03. The Bertz CT molecular complexity index is 471. The second-order valence-corrected chi connectivity index (χ2v) is 5.35. The van der Waals surface area contributed by atoms with Crippen LogP contribution in [0.5, 0.6) is 5.75 Å². The number of methoxy groups -OCH3 is 1. The predicted octanol–water partition coefficient (Wildman–Crippen LogP) is 2.36. The van der Waals surface area contributed by atoms with E-state index in [1.54, 1.807) is 18.2 Å². The number of carbonyl (C=O) groups excluding carboxylic acids is 1. The fourth-order valence-corrected chi connectivity index (χ4v) is 2.62. The van der Waals surface area contributed by atoms with Gasteiger partial charge < -0.3 is 20.5 Å². The molecule has 0 spiro atoms. The van der Waals surface area contributed by atoms with Gasteiger partial charge in [0.25, 0.3) is 5.91 Å². The molecule has 5 heteroatoms. The van der Waals surface area contributed by atoms with Crippen LogP contribution in [0.15, 0.2) is 18.2 Å². The molecule has 0 saturated heterocycles. The lowest BCUT2D eigenvalue weighted by Gasteiger charge is -2.22. The van der Waals surface area contributed by atoms with E-state index in [-0.39, 0.29) is 5.91 Å². The topological polar surface area (TPSA) is 73.6 Å². The van der Waals surface area contributed by atoms with Gasteiger partial charge in [0.15, 0.2) is 0 Å². The van der Waals surface area contributed by atoms with Crippen LogP contribution in [-0.4, -0.2) is 32.3 Å². The third-order valence-electron chi connectivity index (χ3n) is 3.76. The summed E-state index contributed by atoms with van der Waals surface area (Å²) in [4.78, 5) is 12.1. The van der Waals surface area contributed by atoms with Crippen LogP contribution >= 0.6 is 0 Å². The summed E-state index contributed by atoms with van der Waals surface area (Å²) in [6.07, 6.45) is 6.44. The van der Waals surface area contributed by atoms with Crippen molar-refractivity contribution in [1.29, 1.82) is 0 Å². The summed E-state index contributed by atoms with van der Waals surface area (Å²) in [5, 5.41) is 2.84. The number of hydrogen-bond donors (Lipinski definition) is 2. The molecular weight excluding hydrogens is 268 g/mol. The predicted molar refractivity (Wildman–Crippen MR) is 82.6 cm³/mol. The van der Waals surface area contributed by atoms with Crippen molar-refractivity contribution in [3.63, 3.8) is 0 Å². The maximum atomic E-state index is 12.1. The molecule has 1 aliphatic rings. The van der Waals surface area contributed by atoms with Gasteiger partial charge in [-0.1, -0.05) is 19.3 Å². The molecule has 0 aliphatic heterocycles. The van der Waals surface area contributed by atoms with Crippen molar-refractivity contribution in [3.05, 3.63) is 23.8 Å². The molecule has 0 aromatic heterocycles. The minimum absolute atomic E-state index is 0.189. The molecule has 5 nitrogen and oxygen atoms in total. The first-order chi connectivity index (χ1) is 10.2. The standard InChI is InChI=1S/C16H24N2O3/c1-20-15-8-7-12(17)11-14(15)16(19)18-9-10-21-13-5-3-2-4-6-13/h7-8,11,13H,2-6,9-10,17H2,1H3,(H,18,19). The molecule has 1 saturated carbocycles. The molecule has 0 unspecified atom stereocenters. The van der Waals surface area contributed by atoms with Crippen LogP contribution < -0.4 is 15.8 Å². The van der Waals surface area contributed by atoms with Crippen LogP contribution in [0.1, 0.15) is 42.5 Å². The Morgan fingerprint density at radius 2 is 2.10 bits per heavy atom. The van der Waals surface area contributed by atoms with Crippen LogP contribution in [0.4, 0.5) is 5.69 Å². The summed E-state index contributed by atoms with van der Waals surface area (Å²) < 4.78 is 11.0. The van der Waals surface area contributed by atoms with Crippen molar-refractivity contribution >= 4 is 11.6 Å². The molecule has 1 aliphatic carbocycles. The van der Waals surface area contributed by atoms with E-state index in [1.807, 2.05) is 0 Å². The molecule has 0 bridgehead atoms. The van der Waals surface area contributed by atoms with Crippen molar-refractivity contribution < 1.29 is 14.3 Å². The fraction of sp³-hybridized carbons (Fsp3) is 0.562. The molecule has 1 aromatic rings. The Labute approximate surface area is 125 Å². The van der Waals surface area contributed by atoms with Crippen molar-refractivity contribution in [3.8, 4) is 5.75 Å². The number of hydrogen-bond acceptors (Lipinski definition) is 4. The maximum absolute atomic E-state index is 12.1. The van der Waals surface area contributed by atoms with Crippen molar-refractivity contribution in [2.75, 3.05) is 26.0 Å². The van der Waals surface area contributed by atoms with Gasteiger partial charge in [0.05, 0.1) is 25.4 Å². The first-order valence-electron chi connectivity index (χ1n) is 7.54. The van der Waals surface area contributed by atoms with Crippen molar-refractivity contribution in [1.82, 2.24) is 5.32 Å². The number of nitrogens with one attached hydrogen (secondary N) is 1. The maximum Gasteiger partial charge on any atom is 0.255 e. The van der Waals surface area contributed by atoms with Crippen molar-refractivity contribution in [2.24, 2.45) is 0 Å². The number of nitrogen functional groups attached to an aromatic ring is 1. The largest absolute Gasteiger partial charge is 0.496 e. The molecule has 1 fully saturated rings. The van der Waals surface area contributed by atoms with E-state index in [9.17, 15) is 4.79 Å². The highest BCUT2D eigenvalue weighted by Crippen LogP contribution is 2.21. The highest BCUT2D eigenvalue weighted by Gasteiger charge is 2.15. The van der Waals surface area contributed by atoms with Gasteiger partial charge in [0.2, 0.25) is 0 Å². The van der Waals surface area contributed by atoms with Gasteiger partial charge in [-0.2, -0.15) is 0 Å². The summed E-state index contributed by atoms with van der Waals surface area (Å²) in [5.41, 5.74) is 6.71. The zero-order chi connectivity index (χ0) is 15.1. The van der Waals surface area contributed by atoms with Crippen LogP contribution in [0, 0.1) is 0 Å². The molecule has 1 aromatic carbocycles. The second kappa shape index (κ2) is 7.88. The smallest absolute Gasteiger partial charge is 0.255 e. The highest BCUT2D eigenvalue weighted by molar-refractivity contribution is 5.97. The molecular formula is C16H24N2O3. The molecule has 0 radical (unpaired) electrons. The van der Waals surface area contributed by atoms with Crippen LogP contribution in [0.2, 0.25) is 0 Å². The van der Waals surface area contributed by atoms with Gasteiger partial charge in [-0.3, -0.25) is 4.79 Å². The first-order valence-corrected chi connectivity index (χ1v) is 7.54. The lowest BCUT2D eigenvalue weighted by atomic mass is 9.98. The summed E-state index contributed by atoms with van der Waals surface area (Å²) in [7, 11) is 1.54. The summed E-state index contributed by atoms with van der Waals surface area (Å²) in [6.45, 7) is 1.04. The minimum atomic E-state index is -0.189. The normalized spacial score (nSPS) is 15.7. The molecule has 1 amide bonds. The van der Waals surface area contributed by atoms with E-state index in [0.29, 0.717) is 36.3 Å². The third kappa shape index (κ3) is 4.63. The van der Waals surface area contributed by atoms with E-state index < -0.39 is 0 Å². The average molecular weight is 292 g/mol. The number of nitrogens with two attached hydrogens (primary N) is 1. The molecule has 21 heavy (non-hydrogen) atoms. The van der Waals surface area contributed by atoms with E-state index in [0.717, 1.165) is 12.8 Å². The Kier molecular flexibility index (Phi) is 5.87. The van der Waals surface area contributed by atoms with Gasteiger partial charge in [0, 0.05) is 12.2 Å².